The zero-order valence-electron chi connectivity index (χ0n) is 10.1. The van der Waals surface area contributed by atoms with Crippen molar-refractivity contribution in [3.63, 3.8) is 0 Å². The highest BCUT2D eigenvalue weighted by molar-refractivity contribution is 5.99. The Labute approximate surface area is 105 Å². The second-order valence-electron chi connectivity index (χ2n) is 3.77. The number of anilines is 1. The van der Waals surface area contributed by atoms with Gasteiger partial charge in [-0.3, -0.25) is 9.78 Å². The van der Waals surface area contributed by atoms with Crippen molar-refractivity contribution in [3.05, 3.63) is 48.2 Å². The number of carbonyl (C=O) groups excluding carboxylic acids is 1. The number of aromatic nitrogens is 1. The van der Waals surface area contributed by atoms with Crippen LogP contribution >= 0.6 is 0 Å². The average molecular weight is 245 g/mol. The summed E-state index contributed by atoms with van der Waals surface area (Å²) in [6, 6.07) is 3.60. The van der Waals surface area contributed by atoms with Gasteiger partial charge in [0.15, 0.2) is 0 Å². The third-order valence-corrected chi connectivity index (χ3v) is 2.47. The Bertz CT molecular complexity index is 509. The van der Waals surface area contributed by atoms with E-state index in [0.29, 0.717) is 12.1 Å². The molecule has 0 spiro atoms. The molecule has 0 fully saturated rings. The van der Waals surface area contributed by atoms with Crippen molar-refractivity contribution in [1.82, 2.24) is 10.3 Å². The lowest BCUT2D eigenvalue weighted by molar-refractivity contribution is 0.0951. The summed E-state index contributed by atoms with van der Waals surface area (Å²) in [7, 11) is 0. The third-order valence-electron chi connectivity index (χ3n) is 2.47. The van der Waals surface area contributed by atoms with Crippen molar-refractivity contribution in [2.75, 3.05) is 11.9 Å². The van der Waals surface area contributed by atoms with Crippen molar-refractivity contribution >= 4 is 11.6 Å². The Balaban J connectivity index is 2.04. The van der Waals surface area contributed by atoms with Gasteiger partial charge in [-0.15, -0.1) is 0 Å². The molecular weight excluding hydrogens is 230 g/mol. The SMILES string of the molecule is CCNc1ccncc1C(=O)NCc1ccoc1. The van der Waals surface area contributed by atoms with Gasteiger partial charge >= 0.3 is 0 Å². The number of nitrogens with zero attached hydrogens (tertiary/aromatic N) is 1. The highest BCUT2D eigenvalue weighted by Gasteiger charge is 2.10. The first-order valence-corrected chi connectivity index (χ1v) is 5.78. The molecule has 2 heterocycles. The van der Waals surface area contributed by atoms with Gasteiger partial charge < -0.3 is 15.1 Å². The van der Waals surface area contributed by atoms with E-state index in [2.05, 4.69) is 15.6 Å². The van der Waals surface area contributed by atoms with E-state index < -0.39 is 0 Å². The van der Waals surface area contributed by atoms with Crippen molar-refractivity contribution in [3.8, 4) is 0 Å². The molecule has 0 unspecified atom stereocenters. The minimum absolute atomic E-state index is 0.153. The summed E-state index contributed by atoms with van der Waals surface area (Å²) in [5.74, 6) is -0.153. The smallest absolute Gasteiger partial charge is 0.255 e. The van der Waals surface area contributed by atoms with Gasteiger partial charge in [-0.05, 0) is 19.1 Å². The lowest BCUT2D eigenvalue weighted by Crippen LogP contribution is -2.24. The van der Waals surface area contributed by atoms with Gasteiger partial charge in [-0.25, -0.2) is 0 Å². The van der Waals surface area contributed by atoms with Crippen LogP contribution in [0.2, 0.25) is 0 Å². The van der Waals surface area contributed by atoms with Crippen LogP contribution in [0.25, 0.3) is 0 Å². The topological polar surface area (TPSA) is 67.2 Å². The molecule has 0 radical (unpaired) electrons. The molecule has 2 N–H and O–H groups in total. The standard InChI is InChI=1S/C13H15N3O2/c1-2-15-12-3-5-14-8-11(12)13(17)16-7-10-4-6-18-9-10/h3-6,8-9H,2,7H2,1H3,(H,14,15)(H,16,17). The maximum atomic E-state index is 12.0. The Morgan fingerprint density at radius 3 is 3.06 bits per heavy atom. The summed E-state index contributed by atoms with van der Waals surface area (Å²) < 4.78 is 4.94. The summed E-state index contributed by atoms with van der Waals surface area (Å²) in [6.07, 6.45) is 6.40. The zero-order chi connectivity index (χ0) is 12.8. The van der Waals surface area contributed by atoms with Gasteiger partial charge in [0.2, 0.25) is 0 Å². The highest BCUT2D eigenvalue weighted by Crippen LogP contribution is 2.13. The van der Waals surface area contributed by atoms with Crippen LogP contribution in [-0.4, -0.2) is 17.4 Å². The number of pyridine rings is 1. The van der Waals surface area contributed by atoms with Crippen molar-refractivity contribution in [2.45, 2.75) is 13.5 Å². The number of hydrogen-bond acceptors (Lipinski definition) is 4. The van der Waals surface area contributed by atoms with E-state index in [-0.39, 0.29) is 5.91 Å². The molecule has 0 aliphatic carbocycles. The van der Waals surface area contributed by atoms with Crippen LogP contribution < -0.4 is 10.6 Å². The number of rotatable bonds is 5. The van der Waals surface area contributed by atoms with Gasteiger partial charge in [0.1, 0.15) is 0 Å². The monoisotopic (exact) mass is 245 g/mol. The van der Waals surface area contributed by atoms with Crippen LogP contribution in [0, 0.1) is 0 Å². The fourth-order valence-corrected chi connectivity index (χ4v) is 1.59. The molecule has 0 aliphatic rings. The minimum atomic E-state index is -0.153. The molecule has 0 saturated heterocycles. The third kappa shape index (κ3) is 2.88. The number of furan rings is 1. The molecule has 0 atom stereocenters. The highest BCUT2D eigenvalue weighted by atomic mass is 16.3. The summed E-state index contributed by atoms with van der Waals surface area (Å²) in [6.45, 7) is 3.18. The number of carbonyl (C=O) groups is 1. The molecular formula is C13H15N3O2. The fourth-order valence-electron chi connectivity index (χ4n) is 1.59. The predicted octanol–water partition coefficient (Wildman–Crippen LogP) is 2.04. The first-order chi connectivity index (χ1) is 8.81. The van der Waals surface area contributed by atoms with E-state index in [4.69, 9.17) is 4.42 Å². The van der Waals surface area contributed by atoms with Gasteiger partial charge in [0, 0.05) is 31.0 Å². The molecule has 0 aliphatic heterocycles. The second kappa shape index (κ2) is 5.86. The quantitative estimate of drug-likeness (QED) is 0.845. The van der Waals surface area contributed by atoms with Gasteiger partial charge in [0.05, 0.1) is 23.8 Å². The molecule has 5 nitrogen and oxygen atoms in total. The van der Waals surface area contributed by atoms with E-state index in [1.54, 1.807) is 31.0 Å². The first kappa shape index (κ1) is 12.2. The summed E-state index contributed by atoms with van der Waals surface area (Å²) >= 11 is 0. The van der Waals surface area contributed by atoms with Crippen LogP contribution in [-0.2, 0) is 6.54 Å². The molecule has 1 amide bonds. The van der Waals surface area contributed by atoms with E-state index in [0.717, 1.165) is 17.8 Å². The molecule has 18 heavy (non-hydrogen) atoms. The maximum absolute atomic E-state index is 12.0. The van der Waals surface area contributed by atoms with E-state index >= 15 is 0 Å². The average Bonchev–Trinajstić information content (AvgIpc) is 2.90. The molecule has 0 saturated carbocycles. The number of hydrogen-bond donors (Lipinski definition) is 2. The lowest BCUT2D eigenvalue weighted by Gasteiger charge is -2.09. The lowest BCUT2D eigenvalue weighted by atomic mass is 10.2. The van der Waals surface area contributed by atoms with E-state index in [1.165, 1.54) is 0 Å². The van der Waals surface area contributed by atoms with Crippen LogP contribution in [0.3, 0.4) is 0 Å². The zero-order valence-corrected chi connectivity index (χ0v) is 10.1. The van der Waals surface area contributed by atoms with Crippen molar-refractivity contribution in [2.24, 2.45) is 0 Å². The minimum Gasteiger partial charge on any atom is -0.472 e. The van der Waals surface area contributed by atoms with Gasteiger partial charge in [-0.1, -0.05) is 0 Å². The van der Waals surface area contributed by atoms with Crippen LogP contribution in [0.15, 0.2) is 41.5 Å². The molecule has 2 rings (SSSR count). The first-order valence-electron chi connectivity index (χ1n) is 5.78. The Morgan fingerprint density at radius 1 is 1.44 bits per heavy atom. The van der Waals surface area contributed by atoms with Crippen molar-refractivity contribution in [1.29, 1.82) is 0 Å². The number of nitrogens with one attached hydrogen (secondary N) is 2. The van der Waals surface area contributed by atoms with Gasteiger partial charge in [0.25, 0.3) is 5.91 Å². The molecule has 0 bridgehead atoms. The van der Waals surface area contributed by atoms with Crippen LogP contribution in [0.4, 0.5) is 5.69 Å². The summed E-state index contributed by atoms with van der Waals surface area (Å²) in [4.78, 5) is 16.0. The number of amides is 1. The van der Waals surface area contributed by atoms with E-state index in [9.17, 15) is 4.79 Å². The largest absolute Gasteiger partial charge is 0.472 e. The Hall–Kier alpha value is -2.30. The molecule has 5 heteroatoms. The van der Waals surface area contributed by atoms with E-state index in [1.807, 2.05) is 13.0 Å². The Kier molecular flexibility index (Phi) is 3.96. The normalized spacial score (nSPS) is 10.1. The Morgan fingerprint density at radius 2 is 2.33 bits per heavy atom. The summed E-state index contributed by atoms with van der Waals surface area (Å²) in [5.41, 5.74) is 2.26. The predicted molar refractivity (Wildman–Crippen MR) is 68.3 cm³/mol. The second-order valence-corrected chi connectivity index (χ2v) is 3.77. The molecule has 0 aromatic carbocycles. The van der Waals surface area contributed by atoms with Crippen molar-refractivity contribution < 1.29 is 9.21 Å². The van der Waals surface area contributed by atoms with Gasteiger partial charge in [-0.2, -0.15) is 0 Å². The molecule has 2 aromatic rings. The molecule has 94 valence electrons. The van der Waals surface area contributed by atoms with Crippen LogP contribution in [0.5, 0.6) is 0 Å². The fraction of sp³-hybridized carbons (Fsp3) is 0.231. The summed E-state index contributed by atoms with van der Waals surface area (Å²) in [5, 5.41) is 5.95. The maximum Gasteiger partial charge on any atom is 0.255 e. The molecule has 2 aromatic heterocycles. The van der Waals surface area contributed by atoms with Crippen LogP contribution in [0.1, 0.15) is 22.8 Å².